The molecule has 0 amide bonds. The molecule has 17 heavy (non-hydrogen) atoms. The van der Waals surface area contributed by atoms with E-state index in [4.69, 9.17) is 5.26 Å². The van der Waals surface area contributed by atoms with E-state index in [1.54, 1.807) is 17.8 Å². The number of hydrogen-bond donors (Lipinski definition) is 0. The zero-order chi connectivity index (χ0) is 12.3. The van der Waals surface area contributed by atoms with Crippen molar-refractivity contribution in [2.45, 2.75) is 10.9 Å². The first-order chi connectivity index (χ1) is 8.20. The Bertz CT molecular complexity index is 573. The fourth-order valence-corrected chi connectivity index (χ4v) is 2.17. The van der Waals surface area contributed by atoms with Crippen LogP contribution in [-0.4, -0.2) is 14.8 Å². The number of nitriles is 1. The van der Waals surface area contributed by atoms with E-state index in [1.165, 1.54) is 30.2 Å². The van der Waals surface area contributed by atoms with E-state index >= 15 is 0 Å². The molecule has 1 aromatic heterocycles. The normalized spacial score (nSPS) is 10.2. The van der Waals surface area contributed by atoms with Crippen LogP contribution < -0.4 is 0 Å². The highest BCUT2D eigenvalue weighted by atomic mass is 32.2. The number of aryl methyl sites for hydroxylation is 1. The Balaban J connectivity index is 2.14. The van der Waals surface area contributed by atoms with Crippen LogP contribution in [0.3, 0.4) is 0 Å². The summed E-state index contributed by atoms with van der Waals surface area (Å²) in [5.74, 6) is 0.118. The lowest BCUT2D eigenvalue weighted by molar-refractivity contribution is 0.616. The molecule has 86 valence electrons. The van der Waals surface area contributed by atoms with Gasteiger partial charge in [0.25, 0.3) is 0 Å². The number of rotatable bonds is 3. The van der Waals surface area contributed by atoms with Gasteiger partial charge in [-0.1, -0.05) is 11.8 Å². The summed E-state index contributed by atoms with van der Waals surface area (Å²) in [5.41, 5.74) is 0.956. The molecule has 0 spiro atoms. The van der Waals surface area contributed by atoms with Gasteiger partial charge >= 0.3 is 0 Å². The van der Waals surface area contributed by atoms with Crippen molar-refractivity contribution in [3.8, 4) is 6.07 Å². The number of halogens is 1. The SMILES string of the molecule is Cn1ncnc1SCc1cc(C#N)ccc1F. The maximum Gasteiger partial charge on any atom is 0.186 e. The highest BCUT2D eigenvalue weighted by Crippen LogP contribution is 2.22. The van der Waals surface area contributed by atoms with Crippen molar-refractivity contribution in [3.63, 3.8) is 0 Å². The molecular weight excluding hydrogens is 239 g/mol. The van der Waals surface area contributed by atoms with Gasteiger partial charge in [0.15, 0.2) is 5.16 Å². The number of hydrogen-bond acceptors (Lipinski definition) is 4. The number of nitrogens with zero attached hydrogens (tertiary/aromatic N) is 4. The summed E-state index contributed by atoms with van der Waals surface area (Å²) in [6.45, 7) is 0. The van der Waals surface area contributed by atoms with Gasteiger partial charge in [-0.25, -0.2) is 14.1 Å². The molecule has 2 rings (SSSR count). The van der Waals surface area contributed by atoms with E-state index in [0.29, 0.717) is 22.0 Å². The van der Waals surface area contributed by atoms with E-state index in [2.05, 4.69) is 10.1 Å². The summed E-state index contributed by atoms with van der Waals surface area (Å²) in [6, 6.07) is 6.32. The zero-order valence-electron chi connectivity index (χ0n) is 9.09. The van der Waals surface area contributed by atoms with Gasteiger partial charge in [0.1, 0.15) is 12.1 Å². The summed E-state index contributed by atoms with van der Waals surface area (Å²) >= 11 is 1.38. The Kier molecular flexibility index (Phi) is 3.40. The first-order valence-corrected chi connectivity index (χ1v) is 5.84. The average molecular weight is 248 g/mol. The summed E-state index contributed by atoms with van der Waals surface area (Å²) in [6.07, 6.45) is 1.45. The molecule has 0 aliphatic heterocycles. The molecule has 0 radical (unpaired) electrons. The minimum atomic E-state index is -0.307. The monoisotopic (exact) mass is 248 g/mol. The molecule has 0 saturated heterocycles. The van der Waals surface area contributed by atoms with E-state index < -0.39 is 0 Å². The molecule has 2 aromatic rings. The lowest BCUT2D eigenvalue weighted by Gasteiger charge is -2.03. The number of aromatic nitrogens is 3. The molecule has 0 bridgehead atoms. The van der Waals surface area contributed by atoms with Crippen LogP contribution in [-0.2, 0) is 12.8 Å². The van der Waals surface area contributed by atoms with Crippen LogP contribution in [0.5, 0.6) is 0 Å². The van der Waals surface area contributed by atoms with E-state index in [-0.39, 0.29) is 5.82 Å². The average Bonchev–Trinajstić information content (AvgIpc) is 2.74. The van der Waals surface area contributed by atoms with Gasteiger partial charge in [-0.05, 0) is 23.8 Å². The molecule has 0 aliphatic rings. The lowest BCUT2D eigenvalue weighted by Crippen LogP contribution is -1.94. The number of benzene rings is 1. The van der Waals surface area contributed by atoms with Crippen LogP contribution in [0.2, 0.25) is 0 Å². The molecule has 6 heteroatoms. The van der Waals surface area contributed by atoms with Crippen molar-refractivity contribution in [2.75, 3.05) is 0 Å². The fraction of sp³-hybridized carbons (Fsp3) is 0.182. The highest BCUT2D eigenvalue weighted by molar-refractivity contribution is 7.98. The smallest absolute Gasteiger partial charge is 0.186 e. The van der Waals surface area contributed by atoms with Crippen LogP contribution >= 0.6 is 11.8 Å². The molecule has 0 saturated carbocycles. The van der Waals surface area contributed by atoms with E-state index in [9.17, 15) is 4.39 Å². The number of thioether (sulfide) groups is 1. The second-order valence-electron chi connectivity index (χ2n) is 3.37. The minimum absolute atomic E-state index is 0.307. The predicted molar refractivity (Wildman–Crippen MR) is 61.7 cm³/mol. The second-order valence-corrected chi connectivity index (χ2v) is 4.32. The Hall–Kier alpha value is -1.87. The standard InChI is InChI=1S/C11H9FN4S/c1-16-11(14-7-15-16)17-6-9-4-8(5-13)2-3-10(9)12/h2-4,7H,6H2,1H3. The van der Waals surface area contributed by atoms with E-state index in [0.717, 1.165) is 0 Å². The largest absolute Gasteiger partial charge is 0.244 e. The molecule has 1 aromatic carbocycles. The summed E-state index contributed by atoms with van der Waals surface area (Å²) < 4.78 is 15.1. The van der Waals surface area contributed by atoms with Crippen LogP contribution in [0.15, 0.2) is 29.7 Å². The predicted octanol–water partition coefficient (Wildman–Crippen LogP) is 2.12. The van der Waals surface area contributed by atoms with Crippen molar-refractivity contribution in [3.05, 3.63) is 41.5 Å². The third-order valence-electron chi connectivity index (χ3n) is 2.20. The molecule has 1 heterocycles. The van der Waals surface area contributed by atoms with Gasteiger partial charge in [0.2, 0.25) is 0 Å². The van der Waals surface area contributed by atoms with Gasteiger partial charge in [-0.2, -0.15) is 10.4 Å². The Labute approximate surface area is 102 Å². The third kappa shape index (κ3) is 2.63. The summed E-state index contributed by atoms with van der Waals surface area (Å²) in [4.78, 5) is 4.03. The summed E-state index contributed by atoms with van der Waals surface area (Å²) in [5, 5.41) is 13.4. The van der Waals surface area contributed by atoms with Crippen molar-refractivity contribution < 1.29 is 4.39 Å². The Morgan fingerprint density at radius 1 is 1.53 bits per heavy atom. The topological polar surface area (TPSA) is 54.5 Å². The van der Waals surface area contributed by atoms with Crippen molar-refractivity contribution >= 4 is 11.8 Å². The molecule has 0 fully saturated rings. The quantitative estimate of drug-likeness (QED) is 0.781. The molecule has 0 N–H and O–H groups in total. The summed E-state index contributed by atoms with van der Waals surface area (Å²) in [7, 11) is 1.78. The first kappa shape index (κ1) is 11.6. The molecule has 4 nitrogen and oxygen atoms in total. The Morgan fingerprint density at radius 2 is 2.35 bits per heavy atom. The van der Waals surface area contributed by atoms with Crippen LogP contribution in [0, 0.1) is 17.1 Å². The fourth-order valence-electron chi connectivity index (χ4n) is 1.31. The van der Waals surface area contributed by atoms with Gasteiger partial charge in [-0.3, -0.25) is 0 Å². The Morgan fingerprint density at radius 3 is 3.00 bits per heavy atom. The van der Waals surface area contributed by atoms with E-state index in [1.807, 2.05) is 6.07 Å². The molecule has 0 unspecified atom stereocenters. The van der Waals surface area contributed by atoms with Crippen LogP contribution in [0.4, 0.5) is 4.39 Å². The molecule has 0 aliphatic carbocycles. The zero-order valence-corrected chi connectivity index (χ0v) is 9.91. The second kappa shape index (κ2) is 4.97. The third-order valence-corrected chi connectivity index (χ3v) is 3.28. The van der Waals surface area contributed by atoms with Crippen molar-refractivity contribution in [1.82, 2.24) is 14.8 Å². The van der Waals surface area contributed by atoms with Crippen molar-refractivity contribution in [2.24, 2.45) is 7.05 Å². The van der Waals surface area contributed by atoms with Crippen LogP contribution in [0.25, 0.3) is 0 Å². The maximum absolute atomic E-state index is 13.5. The maximum atomic E-state index is 13.5. The van der Waals surface area contributed by atoms with Crippen LogP contribution in [0.1, 0.15) is 11.1 Å². The first-order valence-electron chi connectivity index (χ1n) is 4.86. The highest BCUT2D eigenvalue weighted by Gasteiger charge is 2.07. The van der Waals surface area contributed by atoms with Crippen molar-refractivity contribution in [1.29, 1.82) is 5.26 Å². The molecular formula is C11H9FN4S. The van der Waals surface area contributed by atoms with Gasteiger partial charge < -0.3 is 0 Å². The lowest BCUT2D eigenvalue weighted by atomic mass is 10.1. The van der Waals surface area contributed by atoms with Gasteiger partial charge in [-0.15, -0.1) is 0 Å². The molecule has 0 atom stereocenters. The minimum Gasteiger partial charge on any atom is -0.244 e. The van der Waals surface area contributed by atoms with Gasteiger partial charge in [0, 0.05) is 12.8 Å². The van der Waals surface area contributed by atoms with Gasteiger partial charge in [0.05, 0.1) is 11.6 Å².